The highest BCUT2D eigenvalue weighted by Gasteiger charge is 2.34. The average molecular weight is 302 g/mol. The normalized spacial score (nSPS) is 24.7. The Morgan fingerprint density at radius 2 is 2.15 bits per heavy atom. The molecule has 2 heterocycles. The fourth-order valence-electron chi connectivity index (χ4n) is 2.37. The molecule has 0 spiro atoms. The molecule has 9 heteroatoms. The van der Waals surface area contributed by atoms with Crippen LogP contribution in [-0.4, -0.2) is 42.3 Å². The van der Waals surface area contributed by atoms with Crippen molar-refractivity contribution in [3.8, 4) is 0 Å². The van der Waals surface area contributed by atoms with E-state index in [1.165, 1.54) is 4.31 Å². The highest BCUT2D eigenvalue weighted by atomic mass is 32.2. The van der Waals surface area contributed by atoms with Gasteiger partial charge in [0, 0.05) is 19.3 Å². The van der Waals surface area contributed by atoms with Crippen LogP contribution >= 0.6 is 0 Å². The maximum Gasteiger partial charge on any atom is 0.325 e. The molecule has 2 rings (SSSR count). The Morgan fingerprint density at radius 3 is 2.75 bits per heavy atom. The Bertz CT molecular complexity index is 693. The van der Waals surface area contributed by atoms with Gasteiger partial charge >= 0.3 is 5.69 Å². The van der Waals surface area contributed by atoms with E-state index in [0.29, 0.717) is 32.0 Å². The molecule has 1 aliphatic rings. The zero-order valence-electron chi connectivity index (χ0n) is 11.1. The molecule has 8 nitrogen and oxygen atoms in total. The van der Waals surface area contributed by atoms with Crippen molar-refractivity contribution in [1.29, 1.82) is 0 Å². The predicted molar refractivity (Wildman–Crippen MR) is 72.8 cm³/mol. The predicted octanol–water partition coefficient (Wildman–Crippen LogP) is -1.33. The number of hydrogen-bond acceptors (Lipinski definition) is 5. The van der Waals surface area contributed by atoms with Gasteiger partial charge in [0.05, 0.1) is 0 Å². The van der Waals surface area contributed by atoms with Gasteiger partial charge in [-0.2, -0.15) is 4.31 Å². The molecule has 1 aliphatic heterocycles. The number of H-pyrrole nitrogens is 2. The summed E-state index contributed by atoms with van der Waals surface area (Å²) >= 11 is 0. The molecule has 0 bridgehead atoms. The number of aromatic amines is 2. The summed E-state index contributed by atoms with van der Waals surface area (Å²) < 4.78 is 26.1. The Balaban J connectivity index is 2.35. The van der Waals surface area contributed by atoms with E-state index in [-0.39, 0.29) is 5.92 Å². The van der Waals surface area contributed by atoms with E-state index in [9.17, 15) is 18.0 Å². The van der Waals surface area contributed by atoms with Gasteiger partial charge in [0.2, 0.25) is 10.0 Å². The summed E-state index contributed by atoms with van der Waals surface area (Å²) in [5, 5.41) is 0. The molecule has 2 unspecified atom stereocenters. The molecule has 0 radical (unpaired) electrons. The molecule has 1 aromatic rings. The topological polar surface area (TPSA) is 129 Å². The van der Waals surface area contributed by atoms with Crippen molar-refractivity contribution in [2.75, 3.05) is 19.6 Å². The van der Waals surface area contributed by atoms with E-state index < -0.39 is 26.2 Å². The van der Waals surface area contributed by atoms with Gasteiger partial charge in [-0.15, -0.1) is 0 Å². The highest BCUT2D eigenvalue weighted by Crippen LogP contribution is 2.25. The Labute approximate surface area is 116 Å². The number of nitrogens with zero attached hydrogens (tertiary/aromatic N) is 1. The SMILES string of the molecule is CC1CCN(S(=O)(=O)c2c[nH]c(=O)[nH]c2=O)CC1CN. The number of piperidine rings is 1. The van der Waals surface area contributed by atoms with Crippen LogP contribution in [-0.2, 0) is 10.0 Å². The van der Waals surface area contributed by atoms with Gasteiger partial charge in [-0.3, -0.25) is 9.78 Å². The van der Waals surface area contributed by atoms with E-state index in [1.54, 1.807) is 0 Å². The van der Waals surface area contributed by atoms with Crippen molar-refractivity contribution in [2.45, 2.75) is 18.2 Å². The third-order valence-corrected chi connectivity index (χ3v) is 5.65. The lowest BCUT2D eigenvalue weighted by atomic mass is 9.88. The first-order chi connectivity index (χ1) is 9.36. The van der Waals surface area contributed by atoms with Gasteiger partial charge in [0.25, 0.3) is 5.56 Å². The molecule has 4 N–H and O–H groups in total. The maximum atomic E-state index is 12.4. The van der Waals surface area contributed by atoms with E-state index >= 15 is 0 Å². The number of nitrogens with one attached hydrogen (secondary N) is 2. The van der Waals surface area contributed by atoms with Crippen molar-refractivity contribution in [3.05, 3.63) is 27.0 Å². The minimum atomic E-state index is -3.91. The average Bonchev–Trinajstić information content (AvgIpc) is 2.38. The van der Waals surface area contributed by atoms with Crippen molar-refractivity contribution in [2.24, 2.45) is 17.6 Å². The van der Waals surface area contributed by atoms with Gasteiger partial charge in [-0.05, 0) is 24.8 Å². The molecule has 1 saturated heterocycles. The Hall–Kier alpha value is -1.45. The number of sulfonamides is 1. The first-order valence-electron chi connectivity index (χ1n) is 6.38. The number of aromatic nitrogens is 2. The van der Waals surface area contributed by atoms with Crippen LogP contribution in [0.1, 0.15) is 13.3 Å². The van der Waals surface area contributed by atoms with Crippen molar-refractivity contribution in [1.82, 2.24) is 14.3 Å². The van der Waals surface area contributed by atoms with Crippen molar-refractivity contribution in [3.63, 3.8) is 0 Å². The molecular weight excluding hydrogens is 284 g/mol. The summed E-state index contributed by atoms with van der Waals surface area (Å²) in [4.78, 5) is 26.2. The summed E-state index contributed by atoms with van der Waals surface area (Å²) in [5.41, 5.74) is 4.01. The standard InChI is InChI=1S/C11H18N4O4S/c1-7-2-3-15(6-8(7)4-12)20(18,19)9-5-13-11(17)14-10(9)16/h5,7-8H,2-4,6,12H2,1H3,(H2,13,14,16,17). The van der Waals surface area contributed by atoms with Crippen LogP contribution in [0.3, 0.4) is 0 Å². The summed E-state index contributed by atoms with van der Waals surface area (Å²) in [6, 6.07) is 0. The van der Waals surface area contributed by atoms with Gasteiger partial charge in [-0.1, -0.05) is 6.92 Å². The molecule has 1 fully saturated rings. The second kappa shape index (κ2) is 5.51. The summed E-state index contributed by atoms with van der Waals surface area (Å²) in [6.07, 6.45) is 1.63. The first kappa shape index (κ1) is 14.9. The molecule has 2 atom stereocenters. The number of hydrogen-bond donors (Lipinski definition) is 3. The third-order valence-electron chi connectivity index (χ3n) is 3.78. The van der Waals surface area contributed by atoms with Crippen LogP contribution < -0.4 is 17.0 Å². The lowest BCUT2D eigenvalue weighted by molar-refractivity contribution is 0.203. The van der Waals surface area contributed by atoms with Crippen LogP contribution in [0.4, 0.5) is 0 Å². The maximum absolute atomic E-state index is 12.4. The molecule has 0 saturated carbocycles. The zero-order chi connectivity index (χ0) is 14.9. The summed E-state index contributed by atoms with van der Waals surface area (Å²) in [6.45, 7) is 3.07. The van der Waals surface area contributed by atoms with E-state index in [4.69, 9.17) is 5.73 Å². The smallest absolute Gasteiger partial charge is 0.325 e. The van der Waals surface area contributed by atoms with Crippen molar-refractivity contribution >= 4 is 10.0 Å². The minimum absolute atomic E-state index is 0.0698. The second-order valence-corrected chi connectivity index (χ2v) is 6.97. The van der Waals surface area contributed by atoms with Crippen LogP contribution in [0, 0.1) is 11.8 Å². The Morgan fingerprint density at radius 1 is 1.45 bits per heavy atom. The number of nitrogens with two attached hydrogens (primary N) is 1. The minimum Gasteiger partial charge on any atom is -0.330 e. The number of rotatable bonds is 3. The van der Waals surface area contributed by atoms with E-state index in [0.717, 1.165) is 6.20 Å². The van der Waals surface area contributed by atoms with Gasteiger partial charge in [0.1, 0.15) is 0 Å². The molecule has 0 amide bonds. The highest BCUT2D eigenvalue weighted by molar-refractivity contribution is 7.89. The van der Waals surface area contributed by atoms with Crippen LogP contribution in [0.25, 0.3) is 0 Å². The van der Waals surface area contributed by atoms with Gasteiger partial charge in [0.15, 0.2) is 4.90 Å². The fraction of sp³-hybridized carbons (Fsp3) is 0.636. The molecule has 112 valence electrons. The zero-order valence-corrected chi connectivity index (χ0v) is 11.9. The largest absolute Gasteiger partial charge is 0.330 e. The van der Waals surface area contributed by atoms with Crippen LogP contribution in [0.5, 0.6) is 0 Å². The molecular formula is C11H18N4O4S. The van der Waals surface area contributed by atoms with Gasteiger partial charge < -0.3 is 10.7 Å². The third kappa shape index (κ3) is 2.69. The monoisotopic (exact) mass is 302 g/mol. The Kier molecular flexibility index (Phi) is 4.11. The molecule has 1 aromatic heterocycles. The summed E-state index contributed by atoms with van der Waals surface area (Å²) in [5.74, 6) is 0.417. The lowest BCUT2D eigenvalue weighted by Crippen LogP contribution is -2.46. The lowest BCUT2D eigenvalue weighted by Gasteiger charge is -2.35. The van der Waals surface area contributed by atoms with Gasteiger partial charge in [-0.25, -0.2) is 13.2 Å². The molecule has 0 aromatic carbocycles. The summed E-state index contributed by atoms with van der Waals surface area (Å²) in [7, 11) is -3.91. The second-order valence-electron chi connectivity index (χ2n) is 5.06. The first-order valence-corrected chi connectivity index (χ1v) is 7.82. The van der Waals surface area contributed by atoms with Crippen LogP contribution in [0.15, 0.2) is 20.7 Å². The molecule has 0 aliphatic carbocycles. The van der Waals surface area contributed by atoms with E-state index in [2.05, 4.69) is 4.98 Å². The van der Waals surface area contributed by atoms with Crippen molar-refractivity contribution < 1.29 is 8.42 Å². The van der Waals surface area contributed by atoms with E-state index in [1.807, 2.05) is 11.9 Å². The molecule has 20 heavy (non-hydrogen) atoms. The quantitative estimate of drug-likeness (QED) is 0.637. The van der Waals surface area contributed by atoms with Crippen LogP contribution in [0.2, 0.25) is 0 Å². The fourth-order valence-corrected chi connectivity index (χ4v) is 3.87.